The van der Waals surface area contributed by atoms with Crippen LogP contribution in [-0.2, 0) is 6.54 Å². The summed E-state index contributed by atoms with van der Waals surface area (Å²) in [4.78, 5) is 6.64. The van der Waals surface area contributed by atoms with Gasteiger partial charge >= 0.3 is 0 Å². The molecule has 1 aromatic carbocycles. The number of nitrogens with zero attached hydrogens (tertiary/aromatic N) is 2. The molecule has 0 amide bonds. The SMILES string of the molecule is Cc1ccc(CN(C)C(N)=NC2CCCC2)cc1. The average molecular weight is 245 g/mol. The zero-order chi connectivity index (χ0) is 13.0. The van der Waals surface area contributed by atoms with E-state index in [0.717, 1.165) is 6.54 Å². The van der Waals surface area contributed by atoms with Crippen molar-refractivity contribution in [3.63, 3.8) is 0 Å². The molecule has 3 heteroatoms. The standard InChI is InChI=1S/C15H23N3/c1-12-7-9-13(10-8-12)11-18(2)15(16)17-14-5-3-4-6-14/h7-10,14H,3-6,11H2,1-2H3,(H2,16,17). The Bertz CT molecular complexity index is 402. The van der Waals surface area contributed by atoms with Crippen LogP contribution in [0.15, 0.2) is 29.3 Å². The minimum atomic E-state index is 0.450. The highest BCUT2D eigenvalue weighted by Gasteiger charge is 2.15. The van der Waals surface area contributed by atoms with E-state index in [-0.39, 0.29) is 0 Å². The molecule has 0 spiro atoms. The van der Waals surface area contributed by atoms with E-state index < -0.39 is 0 Å². The van der Waals surface area contributed by atoms with Crippen LogP contribution in [0.3, 0.4) is 0 Å². The lowest BCUT2D eigenvalue weighted by Crippen LogP contribution is -2.34. The van der Waals surface area contributed by atoms with Gasteiger partial charge in [-0.25, -0.2) is 4.99 Å². The minimum Gasteiger partial charge on any atom is -0.370 e. The predicted molar refractivity (Wildman–Crippen MR) is 76.5 cm³/mol. The second-order valence-electron chi connectivity index (χ2n) is 5.27. The summed E-state index contributed by atoms with van der Waals surface area (Å²) in [6.45, 7) is 2.92. The molecule has 1 aliphatic carbocycles. The highest BCUT2D eigenvalue weighted by Crippen LogP contribution is 2.21. The molecule has 2 rings (SSSR count). The zero-order valence-corrected chi connectivity index (χ0v) is 11.4. The van der Waals surface area contributed by atoms with E-state index in [4.69, 9.17) is 5.73 Å². The van der Waals surface area contributed by atoms with Crippen molar-refractivity contribution >= 4 is 5.96 Å². The molecule has 1 saturated carbocycles. The van der Waals surface area contributed by atoms with Gasteiger partial charge in [-0.1, -0.05) is 42.7 Å². The van der Waals surface area contributed by atoms with Crippen molar-refractivity contribution in [3.8, 4) is 0 Å². The quantitative estimate of drug-likeness (QED) is 0.657. The van der Waals surface area contributed by atoms with Crippen LogP contribution in [0.4, 0.5) is 0 Å². The van der Waals surface area contributed by atoms with Gasteiger partial charge in [0.1, 0.15) is 0 Å². The number of aliphatic imine (C=N–C) groups is 1. The van der Waals surface area contributed by atoms with Crippen LogP contribution in [0.1, 0.15) is 36.8 Å². The van der Waals surface area contributed by atoms with Crippen LogP contribution < -0.4 is 5.73 Å². The van der Waals surface area contributed by atoms with Gasteiger partial charge in [-0.3, -0.25) is 0 Å². The molecular weight excluding hydrogens is 222 g/mol. The molecule has 1 aliphatic rings. The molecule has 0 radical (unpaired) electrons. The normalized spacial score (nSPS) is 17.1. The van der Waals surface area contributed by atoms with Gasteiger partial charge in [0.15, 0.2) is 5.96 Å². The van der Waals surface area contributed by atoms with Crippen LogP contribution in [0, 0.1) is 6.92 Å². The third kappa shape index (κ3) is 3.49. The van der Waals surface area contributed by atoms with E-state index >= 15 is 0 Å². The fourth-order valence-electron chi connectivity index (χ4n) is 2.37. The average Bonchev–Trinajstić information content (AvgIpc) is 2.85. The molecule has 2 N–H and O–H groups in total. The Kier molecular flexibility index (Phi) is 4.24. The molecule has 0 aliphatic heterocycles. The lowest BCUT2D eigenvalue weighted by Gasteiger charge is -2.19. The summed E-state index contributed by atoms with van der Waals surface area (Å²) in [5, 5.41) is 0. The second-order valence-corrected chi connectivity index (χ2v) is 5.27. The topological polar surface area (TPSA) is 41.6 Å². The molecule has 1 aromatic rings. The maximum absolute atomic E-state index is 6.05. The first-order valence-corrected chi connectivity index (χ1v) is 6.75. The van der Waals surface area contributed by atoms with Crippen LogP contribution in [0.25, 0.3) is 0 Å². The van der Waals surface area contributed by atoms with Crippen LogP contribution in [-0.4, -0.2) is 23.9 Å². The summed E-state index contributed by atoms with van der Waals surface area (Å²) in [5.41, 5.74) is 8.61. The smallest absolute Gasteiger partial charge is 0.191 e. The summed E-state index contributed by atoms with van der Waals surface area (Å²) in [6, 6.07) is 9.01. The fourth-order valence-corrected chi connectivity index (χ4v) is 2.37. The summed E-state index contributed by atoms with van der Waals surface area (Å²) in [5.74, 6) is 0.669. The number of guanidine groups is 1. The summed E-state index contributed by atoms with van der Waals surface area (Å²) < 4.78 is 0. The van der Waals surface area contributed by atoms with Crippen molar-refractivity contribution < 1.29 is 0 Å². The number of aryl methyl sites for hydroxylation is 1. The number of rotatable bonds is 3. The molecule has 0 aromatic heterocycles. The number of nitrogens with two attached hydrogens (primary N) is 1. The van der Waals surface area contributed by atoms with E-state index in [9.17, 15) is 0 Å². The highest BCUT2D eigenvalue weighted by molar-refractivity contribution is 5.78. The first kappa shape index (κ1) is 12.9. The fraction of sp³-hybridized carbons (Fsp3) is 0.533. The third-order valence-electron chi connectivity index (χ3n) is 3.57. The van der Waals surface area contributed by atoms with Crippen molar-refractivity contribution in [2.45, 2.75) is 45.2 Å². The number of hydrogen-bond donors (Lipinski definition) is 1. The summed E-state index contributed by atoms with van der Waals surface area (Å²) in [6.07, 6.45) is 4.98. The van der Waals surface area contributed by atoms with Gasteiger partial charge in [-0.05, 0) is 25.3 Å². The Morgan fingerprint density at radius 3 is 2.50 bits per heavy atom. The largest absolute Gasteiger partial charge is 0.370 e. The van der Waals surface area contributed by atoms with Crippen molar-refractivity contribution in [2.24, 2.45) is 10.7 Å². The molecule has 0 atom stereocenters. The molecular formula is C15H23N3. The van der Waals surface area contributed by atoms with Crippen LogP contribution in [0.5, 0.6) is 0 Å². The van der Waals surface area contributed by atoms with E-state index in [2.05, 4.69) is 36.2 Å². The Balaban J connectivity index is 1.94. The van der Waals surface area contributed by atoms with Crippen molar-refractivity contribution in [1.82, 2.24) is 4.90 Å². The first-order chi connectivity index (χ1) is 8.65. The summed E-state index contributed by atoms with van der Waals surface area (Å²) >= 11 is 0. The maximum Gasteiger partial charge on any atom is 0.191 e. The van der Waals surface area contributed by atoms with Gasteiger partial charge in [0.25, 0.3) is 0 Å². The van der Waals surface area contributed by atoms with Crippen molar-refractivity contribution in [1.29, 1.82) is 0 Å². The van der Waals surface area contributed by atoms with Gasteiger partial charge < -0.3 is 10.6 Å². The van der Waals surface area contributed by atoms with Crippen LogP contribution >= 0.6 is 0 Å². The minimum absolute atomic E-state index is 0.450. The van der Waals surface area contributed by atoms with E-state index in [1.807, 2.05) is 11.9 Å². The van der Waals surface area contributed by atoms with Gasteiger partial charge in [-0.15, -0.1) is 0 Å². The molecule has 0 saturated heterocycles. The Labute approximate surface area is 110 Å². The van der Waals surface area contributed by atoms with E-state index in [0.29, 0.717) is 12.0 Å². The number of hydrogen-bond acceptors (Lipinski definition) is 1. The van der Waals surface area contributed by atoms with Gasteiger partial charge in [-0.2, -0.15) is 0 Å². The lowest BCUT2D eigenvalue weighted by molar-refractivity contribution is 0.486. The predicted octanol–water partition coefficient (Wildman–Crippen LogP) is 2.68. The van der Waals surface area contributed by atoms with Gasteiger partial charge in [0.2, 0.25) is 0 Å². The molecule has 98 valence electrons. The van der Waals surface area contributed by atoms with E-state index in [1.165, 1.54) is 36.8 Å². The lowest BCUT2D eigenvalue weighted by atomic mass is 10.1. The summed E-state index contributed by atoms with van der Waals surface area (Å²) in [7, 11) is 2.01. The van der Waals surface area contributed by atoms with Gasteiger partial charge in [0, 0.05) is 13.6 Å². The van der Waals surface area contributed by atoms with Gasteiger partial charge in [0.05, 0.1) is 6.04 Å². The number of benzene rings is 1. The Morgan fingerprint density at radius 1 is 1.28 bits per heavy atom. The highest BCUT2D eigenvalue weighted by atomic mass is 15.2. The second kappa shape index (κ2) is 5.89. The molecule has 0 bridgehead atoms. The van der Waals surface area contributed by atoms with Crippen molar-refractivity contribution in [2.75, 3.05) is 7.05 Å². The van der Waals surface area contributed by atoms with Crippen molar-refractivity contribution in [3.05, 3.63) is 35.4 Å². The molecule has 3 nitrogen and oxygen atoms in total. The Hall–Kier alpha value is -1.51. The van der Waals surface area contributed by atoms with Crippen LogP contribution in [0.2, 0.25) is 0 Å². The molecule has 18 heavy (non-hydrogen) atoms. The Morgan fingerprint density at radius 2 is 1.89 bits per heavy atom. The molecule has 0 heterocycles. The third-order valence-corrected chi connectivity index (χ3v) is 3.57. The first-order valence-electron chi connectivity index (χ1n) is 6.75. The monoisotopic (exact) mass is 245 g/mol. The molecule has 0 unspecified atom stereocenters. The zero-order valence-electron chi connectivity index (χ0n) is 11.4. The molecule has 1 fully saturated rings. The van der Waals surface area contributed by atoms with E-state index in [1.54, 1.807) is 0 Å². The maximum atomic E-state index is 6.05.